The van der Waals surface area contributed by atoms with E-state index in [4.69, 9.17) is 14.2 Å². The fraction of sp³-hybridized carbons (Fsp3) is 0.500. The van der Waals surface area contributed by atoms with E-state index in [2.05, 4.69) is 32.8 Å². The summed E-state index contributed by atoms with van der Waals surface area (Å²) in [5.74, 6) is -0.435. The van der Waals surface area contributed by atoms with Gasteiger partial charge in [-0.2, -0.15) is 0 Å². The van der Waals surface area contributed by atoms with Crippen LogP contribution in [0, 0.1) is 0 Å². The minimum Gasteiger partial charge on any atom is -0.472 e. The highest BCUT2D eigenvalue weighted by Crippen LogP contribution is 2.30. The molecule has 0 bridgehead atoms. The van der Waals surface area contributed by atoms with Crippen LogP contribution in [0.1, 0.15) is 52.4 Å². The molecule has 1 N–H and O–H groups in total. The average Bonchev–Trinajstić information content (AvgIpc) is 3.33. The number of fused-ring (bicyclic) bond motifs is 1. The number of nitrogens with one attached hydrogen (secondary N) is 1. The zero-order chi connectivity index (χ0) is 27.5. The fourth-order valence-corrected chi connectivity index (χ4v) is 4.76. The van der Waals surface area contributed by atoms with Gasteiger partial charge < -0.3 is 24.4 Å². The minimum absolute atomic E-state index is 0.160. The smallest absolute Gasteiger partial charge is 0.407 e. The summed E-state index contributed by atoms with van der Waals surface area (Å²) in [5, 5.41) is 4.48. The van der Waals surface area contributed by atoms with Crippen molar-refractivity contribution < 1.29 is 28.6 Å². The quantitative estimate of drug-likeness (QED) is 0.195. The number of carbonyl (C=O) groups is 3. The number of ether oxygens (including phenoxy) is 3. The molecule has 2 heterocycles. The third-order valence-electron chi connectivity index (χ3n) is 6.30. The number of allylic oxidation sites excluding steroid dienone is 1. The molecule has 1 fully saturated rings. The molecule has 38 heavy (non-hydrogen) atoms. The van der Waals surface area contributed by atoms with E-state index < -0.39 is 30.3 Å². The number of unbranched alkanes of at least 4 members (excludes halogenated alkanes) is 2. The first kappa shape index (κ1) is 29.4. The Morgan fingerprint density at radius 2 is 2.05 bits per heavy atom. The van der Waals surface area contributed by atoms with E-state index in [0.29, 0.717) is 18.7 Å². The van der Waals surface area contributed by atoms with Crippen LogP contribution in [0.25, 0.3) is 10.8 Å². The number of carbonyl (C=O) groups excluding carboxylic acids is 3. The molecule has 1 aliphatic heterocycles. The van der Waals surface area contributed by atoms with E-state index in [0.717, 1.165) is 34.5 Å². The molecule has 1 aromatic carbocycles. The zero-order valence-corrected chi connectivity index (χ0v) is 23.6. The topological polar surface area (TPSA) is 107 Å². The largest absolute Gasteiger partial charge is 0.472 e. The van der Waals surface area contributed by atoms with Crippen LogP contribution < -0.4 is 10.1 Å². The number of benzene rings is 1. The van der Waals surface area contributed by atoms with Gasteiger partial charge in [0.05, 0.1) is 19.8 Å². The Hall–Kier alpha value is -3.14. The molecule has 3 atom stereocenters. The van der Waals surface area contributed by atoms with Crippen LogP contribution in [0.5, 0.6) is 5.88 Å². The van der Waals surface area contributed by atoms with Crippen molar-refractivity contribution in [1.82, 2.24) is 15.2 Å². The Morgan fingerprint density at radius 1 is 1.24 bits per heavy atom. The maximum atomic E-state index is 13.7. The second-order valence-electron chi connectivity index (χ2n) is 9.12. The molecule has 0 radical (unpaired) electrons. The molecule has 2 amide bonds. The number of amides is 2. The van der Waals surface area contributed by atoms with Gasteiger partial charge in [-0.25, -0.2) is 14.6 Å². The Balaban J connectivity index is 1.78. The third kappa shape index (κ3) is 7.93. The highest BCUT2D eigenvalue weighted by atomic mass is 79.9. The van der Waals surface area contributed by atoms with E-state index in [1.54, 1.807) is 19.2 Å². The molecular formula is C28H36BrN3O6. The molecule has 206 valence electrons. The Kier molecular flexibility index (Phi) is 11.4. The van der Waals surface area contributed by atoms with Gasteiger partial charge >= 0.3 is 12.1 Å². The van der Waals surface area contributed by atoms with Gasteiger partial charge in [0.1, 0.15) is 18.2 Å². The lowest BCUT2D eigenvalue weighted by Crippen LogP contribution is -2.52. The van der Waals surface area contributed by atoms with Crippen LogP contribution >= 0.6 is 15.9 Å². The van der Waals surface area contributed by atoms with Crippen molar-refractivity contribution in [2.45, 2.75) is 70.6 Å². The third-order valence-corrected chi connectivity index (χ3v) is 6.79. The maximum absolute atomic E-state index is 13.7. The van der Waals surface area contributed by atoms with E-state index in [9.17, 15) is 14.4 Å². The van der Waals surface area contributed by atoms with Crippen molar-refractivity contribution in [3.8, 4) is 5.88 Å². The van der Waals surface area contributed by atoms with Gasteiger partial charge in [0, 0.05) is 22.5 Å². The molecule has 0 spiro atoms. The molecule has 2 aromatic rings. The van der Waals surface area contributed by atoms with Gasteiger partial charge in [0.15, 0.2) is 0 Å². The first-order valence-electron chi connectivity index (χ1n) is 13.1. The van der Waals surface area contributed by atoms with Crippen LogP contribution in [0.4, 0.5) is 4.79 Å². The lowest BCUT2D eigenvalue weighted by Gasteiger charge is -2.27. The first-order chi connectivity index (χ1) is 18.4. The minimum atomic E-state index is -0.830. The number of rotatable bonds is 13. The predicted molar refractivity (Wildman–Crippen MR) is 148 cm³/mol. The first-order valence-corrected chi connectivity index (χ1v) is 13.9. The van der Waals surface area contributed by atoms with Crippen molar-refractivity contribution >= 4 is 44.7 Å². The number of aromatic nitrogens is 1. The number of alkyl carbamates (subject to hydrolysis) is 1. The van der Waals surface area contributed by atoms with Gasteiger partial charge in [-0.05, 0) is 49.8 Å². The summed E-state index contributed by atoms with van der Waals surface area (Å²) in [6.07, 6.45) is 5.90. The Labute approximate surface area is 232 Å². The van der Waals surface area contributed by atoms with Gasteiger partial charge in [0.2, 0.25) is 11.8 Å². The van der Waals surface area contributed by atoms with E-state index in [1.807, 2.05) is 31.2 Å². The number of likely N-dealkylation sites (tertiary alicyclic amines) is 1. The normalized spacial score (nSPS) is 17.6. The van der Waals surface area contributed by atoms with E-state index in [1.165, 1.54) is 4.90 Å². The Morgan fingerprint density at radius 3 is 2.79 bits per heavy atom. The monoisotopic (exact) mass is 589 g/mol. The number of halogens is 1. The van der Waals surface area contributed by atoms with E-state index in [-0.39, 0.29) is 32.1 Å². The lowest BCUT2D eigenvalue weighted by atomic mass is 10.1. The van der Waals surface area contributed by atoms with Crippen molar-refractivity contribution in [2.75, 3.05) is 19.8 Å². The molecule has 10 heteroatoms. The summed E-state index contributed by atoms with van der Waals surface area (Å²) in [6, 6.07) is 6.05. The standard InChI is InChI=1S/C28H36BrN3O6/c1-4-7-9-15-37-28(35)31-23(10-8-5-2)26(33)32-18-21(17-24(32)27(34)36-6-3)38-25-22-16-20(29)12-11-19(22)13-14-30-25/h4,11-14,16,21,23-24H,1,5-10,15,17-18H2,2-3H3,(H,31,35)/t21-,23+,24+/m1/s1. The molecule has 0 aliphatic carbocycles. The Bertz CT molecular complexity index is 1130. The summed E-state index contributed by atoms with van der Waals surface area (Å²) >= 11 is 3.49. The molecule has 1 aliphatic rings. The van der Waals surface area contributed by atoms with Gasteiger partial charge in [-0.3, -0.25) is 4.79 Å². The number of esters is 1. The molecule has 9 nitrogen and oxygen atoms in total. The molecule has 0 unspecified atom stereocenters. The molecule has 3 rings (SSSR count). The average molecular weight is 591 g/mol. The summed E-state index contributed by atoms with van der Waals surface area (Å²) < 4.78 is 17.6. The van der Waals surface area contributed by atoms with Gasteiger partial charge in [0.25, 0.3) is 0 Å². The van der Waals surface area contributed by atoms with Crippen molar-refractivity contribution in [2.24, 2.45) is 0 Å². The van der Waals surface area contributed by atoms with Crippen molar-refractivity contribution in [1.29, 1.82) is 0 Å². The molecule has 0 saturated carbocycles. The lowest BCUT2D eigenvalue weighted by molar-refractivity contribution is -0.153. The molecule has 1 aromatic heterocycles. The predicted octanol–water partition coefficient (Wildman–Crippen LogP) is 5.16. The SMILES string of the molecule is C=CCCCOC(=O)N[C@@H](CCCC)C(=O)N1C[C@H](Oc2nccc3ccc(Br)cc23)C[C@H]1C(=O)OCC. The van der Waals surface area contributed by atoms with Crippen LogP contribution in [-0.2, 0) is 19.1 Å². The van der Waals surface area contributed by atoms with E-state index >= 15 is 0 Å². The fourth-order valence-electron chi connectivity index (χ4n) is 4.40. The second kappa shape index (κ2) is 14.7. The van der Waals surface area contributed by atoms with Crippen LogP contribution in [0.15, 0.2) is 47.6 Å². The highest BCUT2D eigenvalue weighted by Gasteiger charge is 2.44. The highest BCUT2D eigenvalue weighted by molar-refractivity contribution is 9.10. The maximum Gasteiger partial charge on any atom is 0.407 e. The second-order valence-corrected chi connectivity index (χ2v) is 10.0. The number of nitrogens with zero attached hydrogens (tertiary/aromatic N) is 2. The number of hydrogen-bond donors (Lipinski definition) is 1. The summed E-state index contributed by atoms with van der Waals surface area (Å²) in [6.45, 7) is 7.96. The van der Waals surface area contributed by atoms with Crippen LogP contribution in [0.2, 0.25) is 0 Å². The molecular weight excluding hydrogens is 554 g/mol. The number of hydrogen-bond acceptors (Lipinski definition) is 7. The summed E-state index contributed by atoms with van der Waals surface area (Å²) in [7, 11) is 0. The van der Waals surface area contributed by atoms with Gasteiger partial charge in [-0.1, -0.05) is 47.8 Å². The van der Waals surface area contributed by atoms with Crippen molar-refractivity contribution in [3.05, 3.63) is 47.6 Å². The van der Waals surface area contributed by atoms with Crippen molar-refractivity contribution in [3.63, 3.8) is 0 Å². The van der Waals surface area contributed by atoms with Crippen LogP contribution in [-0.4, -0.2) is 65.8 Å². The number of pyridine rings is 1. The molecule has 1 saturated heterocycles. The van der Waals surface area contributed by atoms with Crippen LogP contribution in [0.3, 0.4) is 0 Å². The summed E-state index contributed by atoms with van der Waals surface area (Å²) in [4.78, 5) is 44.8. The summed E-state index contributed by atoms with van der Waals surface area (Å²) in [5.41, 5.74) is 0. The zero-order valence-electron chi connectivity index (χ0n) is 22.0. The van der Waals surface area contributed by atoms with Gasteiger partial charge in [-0.15, -0.1) is 6.58 Å².